The summed E-state index contributed by atoms with van der Waals surface area (Å²) in [7, 11) is -5.06. The summed E-state index contributed by atoms with van der Waals surface area (Å²) in [5.74, 6) is -2.94. The molecule has 3 rings (SSSR count). The Kier molecular flexibility index (Phi) is 9.33. The first-order valence-corrected chi connectivity index (χ1v) is 19.2. The van der Waals surface area contributed by atoms with Crippen LogP contribution in [0.1, 0.15) is 48.0 Å². The molecule has 1 aliphatic heterocycles. The van der Waals surface area contributed by atoms with E-state index in [1.54, 1.807) is 58.4 Å². The highest BCUT2D eigenvalue weighted by molar-refractivity contribution is 7.70. The molecule has 1 fully saturated rings. The fourth-order valence-corrected chi connectivity index (χ4v) is 6.74. The van der Waals surface area contributed by atoms with Crippen LogP contribution in [0.15, 0.2) is 36.4 Å². The highest BCUT2D eigenvalue weighted by Gasteiger charge is 2.45. The number of ether oxygens (including phenoxy) is 1. The topological polar surface area (TPSA) is 84.9 Å². The highest BCUT2D eigenvalue weighted by Crippen LogP contribution is 2.42. The number of halogens is 2. The Hall–Kier alpha value is -2.55. The Balaban J connectivity index is 2.03. The molecule has 2 aromatic carbocycles. The van der Waals surface area contributed by atoms with E-state index in [-0.39, 0.29) is 29.3 Å². The molecule has 0 aliphatic carbocycles. The number of carbonyl (C=O) groups is 2. The number of carbonyl (C=O) groups excluding carboxylic acids is 2. The van der Waals surface area contributed by atoms with Gasteiger partial charge in [-0.1, -0.05) is 45.0 Å². The van der Waals surface area contributed by atoms with Gasteiger partial charge in [0.2, 0.25) is 5.91 Å². The molecule has 11 heteroatoms. The SMILES string of the molecule is CC(C)(C)OC(=O)N[C@@H]1C[C@@H](CO[Si](C)(C)C(C)(C)C)N(c2ccc(-c3ccccc3P(C)(C)=O)c(F)c2F)C1=O. The molecule has 0 radical (unpaired) electrons. The van der Waals surface area contributed by atoms with Gasteiger partial charge in [0, 0.05) is 10.9 Å². The molecule has 1 saturated heterocycles. The van der Waals surface area contributed by atoms with E-state index in [1.807, 2.05) is 0 Å². The van der Waals surface area contributed by atoms with Crippen molar-refractivity contribution in [2.75, 3.05) is 24.8 Å². The number of hydrogen-bond acceptors (Lipinski definition) is 5. The average Bonchev–Trinajstić information content (AvgIpc) is 3.11. The summed E-state index contributed by atoms with van der Waals surface area (Å²) in [6.45, 7) is 18.7. The van der Waals surface area contributed by atoms with Gasteiger partial charge in [-0.15, -0.1) is 0 Å². The number of nitrogens with one attached hydrogen (secondary N) is 1. The summed E-state index contributed by atoms with van der Waals surface area (Å²) in [6, 6.07) is 7.71. The van der Waals surface area contributed by atoms with Crippen molar-refractivity contribution in [2.24, 2.45) is 0 Å². The normalized spacial score (nSPS) is 18.5. The molecule has 1 N–H and O–H groups in total. The van der Waals surface area contributed by atoms with Crippen LogP contribution in [-0.2, 0) is 18.5 Å². The van der Waals surface area contributed by atoms with Crippen molar-refractivity contribution in [1.29, 1.82) is 0 Å². The Morgan fingerprint density at radius 1 is 1.02 bits per heavy atom. The Labute approximate surface area is 243 Å². The van der Waals surface area contributed by atoms with Crippen molar-refractivity contribution >= 4 is 38.5 Å². The second-order valence-corrected chi connectivity index (χ2v) is 21.5. The van der Waals surface area contributed by atoms with Gasteiger partial charge in [0.1, 0.15) is 18.8 Å². The van der Waals surface area contributed by atoms with Crippen LogP contribution in [0.25, 0.3) is 11.1 Å². The summed E-state index contributed by atoms with van der Waals surface area (Å²) >= 11 is 0. The van der Waals surface area contributed by atoms with Crippen molar-refractivity contribution in [2.45, 2.75) is 83.8 Å². The molecule has 2 atom stereocenters. The lowest BCUT2D eigenvalue weighted by molar-refractivity contribution is -0.119. The maximum atomic E-state index is 15.9. The molecule has 2 amide bonds. The maximum absolute atomic E-state index is 15.9. The number of anilines is 1. The monoisotopic (exact) mass is 608 g/mol. The first-order valence-electron chi connectivity index (χ1n) is 13.7. The third-order valence-electron chi connectivity index (χ3n) is 7.64. The average molecular weight is 609 g/mol. The van der Waals surface area contributed by atoms with E-state index in [4.69, 9.17) is 9.16 Å². The molecule has 0 saturated carbocycles. The third-order valence-corrected chi connectivity index (χ3v) is 13.7. The van der Waals surface area contributed by atoms with Crippen LogP contribution in [0, 0.1) is 11.6 Å². The molecule has 0 bridgehead atoms. The molecule has 41 heavy (non-hydrogen) atoms. The lowest BCUT2D eigenvalue weighted by Crippen LogP contribution is -2.46. The number of nitrogens with zero attached hydrogens (tertiary/aromatic N) is 1. The standard InChI is InChI=1S/C30H43F2N2O5PSi/c1-29(2,3)39-28(36)33-22-17-19(18-38-41(9,10)30(4,5)6)34(27(22)35)23-16-15-21(25(31)26(23)32)20-13-11-12-14-24(20)40(7,8)37/h11-16,19,22H,17-18H2,1-10H3,(H,33,36)/t19-,22+/m0/s1. The fourth-order valence-electron chi connectivity index (χ4n) is 4.48. The summed E-state index contributed by atoms with van der Waals surface area (Å²) in [4.78, 5) is 27.3. The number of benzene rings is 2. The van der Waals surface area contributed by atoms with Crippen molar-refractivity contribution in [1.82, 2.24) is 5.32 Å². The van der Waals surface area contributed by atoms with Gasteiger partial charge in [-0.05, 0) is 76.4 Å². The van der Waals surface area contributed by atoms with E-state index in [0.29, 0.717) is 10.9 Å². The van der Waals surface area contributed by atoms with E-state index in [2.05, 4.69) is 39.2 Å². The largest absolute Gasteiger partial charge is 0.444 e. The summed E-state index contributed by atoms with van der Waals surface area (Å²) in [6.07, 6.45) is -0.642. The van der Waals surface area contributed by atoms with Gasteiger partial charge in [0.15, 0.2) is 20.0 Å². The van der Waals surface area contributed by atoms with Gasteiger partial charge in [0.05, 0.1) is 18.3 Å². The van der Waals surface area contributed by atoms with Crippen molar-refractivity contribution in [3.63, 3.8) is 0 Å². The number of alkyl carbamates (subject to hydrolysis) is 1. The van der Waals surface area contributed by atoms with Gasteiger partial charge in [-0.25, -0.2) is 13.6 Å². The van der Waals surface area contributed by atoms with Crippen LogP contribution >= 0.6 is 7.14 Å². The van der Waals surface area contributed by atoms with Crippen molar-refractivity contribution in [3.8, 4) is 11.1 Å². The molecule has 2 aromatic rings. The van der Waals surface area contributed by atoms with Gasteiger partial charge >= 0.3 is 6.09 Å². The summed E-state index contributed by atoms with van der Waals surface area (Å²) in [5, 5.41) is 2.92. The van der Waals surface area contributed by atoms with E-state index < -0.39 is 56.8 Å². The minimum absolute atomic E-state index is 0.0464. The van der Waals surface area contributed by atoms with E-state index >= 15 is 8.78 Å². The molecular weight excluding hydrogens is 565 g/mol. The van der Waals surface area contributed by atoms with Gasteiger partial charge in [-0.3, -0.25) is 4.79 Å². The zero-order valence-electron chi connectivity index (χ0n) is 25.7. The Bertz CT molecular complexity index is 1360. The molecule has 0 spiro atoms. The van der Waals surface area contributed by atoms with Crippen LogP contribution < -0.4 is 15.5 Å². The van der Waals surface area contributed by atoms with E-state index in [1.165, 1.54) is 17.0 Å². The predicted octanol–water partition coefficient (Wildman–Crippen LogP) is 6.90. The molecule has 7 nitrogen and oxygen atoms in total. The predicted molar refractivity (Wildman–Crippen MR) is 163 cm³/mol. The van der Waals surface area contributed by atoms with Gasteiger partial charge in [-0.2, -0.15) is 0 Å². The first kappa shape index (κ1) is 33.0. The maximum Gasteiger partial charge on any atom is 0.408 e. The van der Waals surface area contributed by atoms with Crippen LogP contribution in [0.5, 0.6) is 0 Å². The quantitative estimate of drug-likeness (QED) is 0.273. The number of rotatable bonds is 7. The molecular formula is C30H43F2N2O5PSi. The van der Waals surface area contributed by atoms with Crippen LogP contribution in [0.2, 0.25) is 18.1 Å². The fraction of sp³-hybridized carbons (Fsp3) is 0.533. The minimum atomic E-state index is -2.80. The van der Waals surface area contributed by atoms with Gasteiger partial charge < -0.3 is 23.9 Å². The second kappa shape index (κ2) is 11.6. The Morgan fingerprint density at radius 3 is 2.20 bits per heavy atom. The number of amides is 2. The number of hydrogen-bond donors (Lipinski definition) is 1. The Morgan fingerprint density at radius 2 is 1.63 bits per heavy atom. The van der Waals surface area contributed by atoms with Crippen LogP contribution in [0.4, 0.5) is 19.3 Å². The molecule has 0 aromatic heterocycles. The molecule has 0 unspecified atom stereocenters. The first-order chi connectivity index (χ1) is 18.6. The summed E-state index contributed by atoms with van der Waals surface area (Å²) < 4.78 is 56.2. The van der Waals surface area contributed by atoms with Gasteiger partial charge in [0.25, 0.3) is 0 Å². The lowest BCUT2D eigenvalue weighted by atomic mass is 10.0. The molecule has 1 aliphatic rings. The minimum Gasteiger partial charge on any atom is -0.444 e. The second-order valence-electron chi connectivity index (χ2n) is 13.5. The third kappa shape index (κ3) is 7.45. The molecule has 1 heterocycles. The van der Waals surface area contributed by atoms with E-state index in [0.717, 1.165) is 0 Å². The van der Waals surface area contributed by atoms with Crippen LogP contribution in [-0.4, -0.2) is 57.9 Å². The smallest absolute Gasteiger partial charge is 0.408 e. The van der Waals surface area contributed by atoms with Crippen LogP contribution in [0.3, 0.4) is 0 Å². The summed E-state index contributed by atoms with van der Waals surface area (Å²) in [5.41, 5.74) is -0.741. The van der Waals surface area contributed by atoms with Crippen molar-refractivity contribution in [3.05, 3.63) is 48.0 Å². The molecule has 226 valence electrons. The van der Waals surface area contributed by atoms with Crippen molar-refractivity contribution < 1.29 is 32.1 Å². The zero-order valence-corrected chi connectivity index (χ0v) is 27.6. The van der Waals surface area contributed by atoms with E-state index in [9.17, 15) is 14.2 Å². The lowest BCUT2D eigenvalue weighted by Gasteiger charge is -2.38. The zero-order chi connectivity index (χ0) is 31.1. The highest BCUT2D eigenvalue weighted by atomic mass is 31.2.